The van der Waals surface area contributed by atoms with Gasteiger partial charge in [-0.05, 0) is 30.7 Å². The second-order valence-corrected chi connectivity index (χ2v) is 3.90. The third kappa shape index (κ3) is 3.21. The van der Waals surface area contributed by atoms with Crippen molar-refractivity contribution in [3.05, 3.63) is 47.3 Å². The van der Waals surface area contributed by atoms with Crippen molar-refractivity contribution in [2.45, 2.75) is 6.92 Å². The quantitative estimate of drug-likeness (QED) is 0.798. The second kappa shape index (κ2) is 5.85. The molecule has 1 aromatic carbocycles. The Bertz CT molecular complexity index is 636. The SMILES string of the molecule is Cc1cc(C(=O)Nc2cnoc2)ccc1C#CCN. The average molecular weight is 255 g/mol. The summed E-state index contributed by atoms with van der Waals surface area (Å²) >= 11 is 0. The Hall–Kier alpha value is -2.58. The van der Waals surface area contributed by atoms with Crippen LogP contribution in [-0.2, 0) is 0 Å². The molecule has 1 aromatic heterocycles. The van der Waals surface area contributed by atoms with Gasteiger partial charge in [0.1, 0.15) is 12.0 Å². The van der Waals surface area contributed by atoms with Crippen LogP contribution in [0, 0.1) is 18.8 Å². The van der Waals surface area contributed by atoms with E-state index < -0.39 is 0 Å². The lowest BCUT2D eigenvalue weighted by molar-refractivity contribution is 0.102. The van der Waals surface area contributed by atoms with Crippen LogP contribution in [0.4, 0.5) is 5.69 Å². The first-order valence-corrected chi connectivity index (χ1v) is 5.71. The number of benzene rings is 1. The fourth-order valence-electron chi connectivity index (χ4n) is 1.56. The van der Waals surface area contributed by atoms with Crippen molar-refractivity contribution in [3.8, 4) is 11.8 Å². The molecule has 0 bridgehead atoms. The second-order valence-electron chi connectivity index (χ2n) is 3.90. The van der Waals surface area contributed by atoms with Crippen molar-refractivity contribution < 1.29 is 9.32 Å². The maximum absolute atomic E-state index is 12.0. The molecule has 2 rings (SSSR count). The van der Waals surface area contributed by atoms with E-state index in [1.165, 1.54) is 12.5 Å². The molecule has 0 saturated carbocycles. The highest BCUT2D eigenvalue weighted by Gasteiger charge is 2.08. The summed E-state index contributed by atoms with van der Waals surface area (Å²) in [6.45, 7) is 2.21. The van der Waals surface area contributed by atoms with E-state index in [0.717, 1.165) is 11.1 Å². The van der Waals surface area contributed by atoms with Gasteiger partial charge in [0.2, 0.25) is 0 Å². The van der Waals surface area contributed by atoms with Gasteiger partial charge in [0.15, 0.2) is 0 Å². The van der Waals surface area contributed by atoms with Crippen LogP contribution in [0.3, 0.4) is 0 Å². The lowest BCUT2D eigenvalue weighted by Crippen LogP contribution is -2.11. The summed E-state index contributed by atoms with van der Waals surface area (Å²) in [5.74, 6) is 5.52. The number of hydrogen-bond donors (Lipinski definition) is 2. The molecule has 0 aliphatic heterocycles. The number of aryl methyl sites for hydroxylation is 1. The summed E-state index contributed by atoms with van der Waals surface area (Å²) in [6, 6.07) is 5.31. The van der Waals surface area contributed by atoms with Crippen LogP contribution in [0.5, 0.6) is 0 Å². The van der Waals surface area contributed by atoms with Gasteiger partial charge in [-0.15, -0.1) is 0 Å². The minimum atomic E-state index is -0.218. The Morgan fingerprint density at radius 2 is 2.37 bits per heavy atom. The molecule has 3 N–H and O–H groups in total. The Labute approximate surface area is 110 Å². The number of rotatable bonds is 2. The molecule has 19 heavy (non-hydrogen) atoms. The van der Waals surface area contributed by atoms with Crippen LogP contribution in [0.15, 0.2) is 35.2 Å². The third-order valence-electron chi connectivity index (χ3n) is 2.50. The number of hydrogen-bond acceptors (Lipinski definition) is 4. The molecule has 5 heteroatoms. The number of nitrogens with one attached hydrogen (secondary N) is 1. The monoisotopic (exact) mass is 255 g/mol. The van der Waals surface area contributed by atoms with Gasteiger partial charge in [0.25, 0.3) is 5.91 Å². The van der Waals surface area contributed by atoms with E-state index >= 15 is 0 Å². The van der Waals surface area contributed by atoms with E-state index in [-0.39, 0.29) is 5.91 Å². The van der Waals surface area contributed by atoms with Gasteiger partial charge in [-0.2, -0.15) is 0 Å². The predicted molar refractivity (Wildman–Crippen MR) is 71.6 cm³/mol. The van der Waals surface area contributed by atoms with Crippen LogP contribution in [0.2, 0.25) is 0 Å². The number of aromatic nitrogens is 1. The topological polar surface area (TPSA) is 81.2 Å². The van der Waals surface area contributed by atoms with Crippen molar-refractivity contribution in [2.24, 2.45) is 5.73 Å². The first kappa shape index (κ1) is 12.9. The normalized spacial score (nSPS) is 9.58. The zero-order valence-corrected chi connectivity index (χ0v) is 10.4. The minimum absolute atomic E-state index is 0.218. The van der Waals surface area contributed by atoms with E-state index in [4.69, 9.17) is 5.73 Å². The molecule has 0 aliphatic rings. The highest BCUT2D eigenvalue weighted by atomic mass is 16.5. The largest absolute Gasteiger partial charge is 0.363 e. The number of carbonyl (C=O) groups excluding carboxylic acids is 1. The van der Waals surface area contributed by atoms with Gasteiger partial charge in [-0.1, -0.05) is 17.0 Å². The highest BCUT2D eigenvalue weighted by Crippen LogP contribution is 2.12. The third-order valence-corrected chi connectivity index (χ3v) is 2.50. The number of nitrogens with two attached hydrogens (primary N) is 1. The zero-order valence-electron chi connectivity index (χ0n) is 10.4. The molecule has 0 spiro atoms. The zero-order chi connectivity index (χ0) is 13.7. The van der Waals surface area contributed by atoms with Crippen molar-refractivity contribution >= 4 is 11.6 Å². The van der Waals surface area contributed by atoms with Crippen molar-refractivity contribution in [1.29, 1.82) is 0 Å². The maximum atomic E-state index is 12.0. The lowest BCUT2D eigenvalue weighted by Gasteiger charge is -2.04. The van der Waals surface area contributed by atoms with Gasteiger partial charge >= 0.3 is 0 Å². The van der Waals surface area contributed by atoms with E-state index in [9.17, 15) is 4.79 Å². The standard InChI is InChI=1S/C14H13N3O2/c1-10-7-12(5-4-11(10)3-2-6-15)14(18)17-13-8-16-19-9-13/h4-5,7-9H,6,15H2,1H3,(H,17,18). The number of amides is 1. The molecule has 5 nitrogen and oxygen atoms in total. The van der Waals surface area contributed by atoms with Crippen molar-refractivity contribution in [3.63, 3.8) is 0 Å². The van der Waals surface area contributed by atoms with E-state index in [2.05, 4.69) is 26.8 Å². The van der Waals surface area contributed by atoms with Crippen LogP contribution >= 0.6 is 0 Å². The Balaban J connectivity index is 2.17. The maximum Gasteiger partial charge on any atom is 0.255 e. The van der Waals surface area contributed by atoms with Crippen molar-refractivity contribution in [1.82, 2.24) is 5.16 Å². The molecule has 0 fully saturated rings. The summed E-state index contributed by atoms with van der Waals surface area (Å²) in [4.78, 5) is 12.0. The molecule has 1 heterocycles. The fraction of sp³-hybridized carbons (Fsp3) is 0.143. The number of carbonyl (C=O) groups is 1. The van der Waals surface area contributed by atoms with E-state index in [1.54, 1.807) is 18.2 Å². The van der Waals surface area contributed by atoms with Crippen LogP contribution in [-0.4, -0.2) is 17.6 Å². The summed E-state index contributed by atoms with van der Waals surface area (Å²) in [5.41, 5.74) is 8.20. The lowest BCUT2D eigenvalue weighted by atomic mass is 10.0. The van der Waals surface area contributed by atoms with E-state index in [1.807, 2.05) is 6.92 Å². The first-order valence-electron chi connectivity index (χ1n) is 5.71. The molecule has 0 radical (unpaired) electrons. The minimum Gasteiger partial charge on any atom is -0.363 e. The molecule has 0 atom stereocenters. The van der Waals surface area contributed by atoms with Gasteiger partial charge < -0.3 is 15.6 Å². The Morgan fingerprint density at radius 1 is 1.53 bits per heavy atom. The molecule has 0 aliphatic carbocycles. The summed E-state index contributed by atoms with van der Waals surface area (Å²) in [6.07, 6.45) is 2.80. The molecule has 0 unspecified atom stereocenters. The van der Waals surface area contributed by atoms with Gasteiger partial charge in [0, 0.05) is 11.1 Å². The molecule has 0 saturated heterocycles. The van der Waals surface area contributed by atoms with Gasteiger partial charge in [-0.25, -0.2) is 0 Å². The van der Waals surface area contributed by atoms with E-state index in [0.29, 0.717) is 17.8 Å². The summed E-state index contributed by atoms with van der Waals surface area (Å²) in [7, 11) is 0. The fourth-order valence-corrected chi connectivity index (χ4v) is 1.56. The number of anilines is 1. The molecule has 2 aromatic rings. The summed E-state index contributed by atoms with van der Waals surface area (Å²) < 4.78 is 4.64. The van der Waals surface area contributed by atoms with Gasteiger partial charge in [0.05, 0.1) is 12.7 Å². The van der Waals surface area contributed by atoms with Crippen LogP contribution < -0.4 is 11.1 Å². The Kier molecular flexibility index (Phi) is 3.96. The van der Waals surface area contributed by atoms with Crippen LogP contribution in [0.25, 0.3) is 0 Å². The highest BCUT2D eigenvalue weighted by molar-refractivity contribution is 6.04. The molecule has 1 amide bonds. The smallest absolute Gasteiger partial charge is 0.255 e. The molecular formula is C14H13N3O2. The first-order chi connectivity index (χ1) is 9.20. The Morgan fingerprint density at radius 3 is 3.00 bits per heavy atom. The van der Waals surface area contributed by atoms with Crippen LogP contribution in [0.1, 0.15) is 21.5 Å². The average Bonchev–Trinajstić information content (AvgIpc) is 2.90. The molecule has 96 valence electrons. The van der Waals surface area contributed by atoms with Gasteiger partial charge in [-0.3, -0.25) is 4.79 Å². The molecular weight excluding hydrogens is 242 g/mol. The number of nitrogens with zero attached hydrogens (tertiary/aromatic N) is 1. The summed E-state index contributed by atoms with van der Waals surface area (Å²) in [5, 5.41) is 6.19. The predicted octanol–water partition coefficient (Wildman–Crippen LogP) is 1.55. The van der Waals surface area contributed by atoms with Crippen molar-refractivity contribution in [2.75, 3.05) is 11.9 Å².